The van der Waals surface area contributed by atoms with Gasteiger partial charge in [-0.3, -0.25) is 0 Å². The van der Waals surface area contributed by atoms with Gasteiger partial charge in [-0.05, 0) is 52.7 Å². The van der Waals surface area contributed by atoms with Gasteiger partial charge in [0.2, 0.25) is 0 Å². The van der Waals surface area contributed by atoms with Crippen molar-refractivity contribution in [2.24, 2.45) is 0 Å². The smallest absolute Gasteiger partial charge is 0.133 e. The third kappa shape index (κ3) is 3.26. The van der Waals surface area contributed by atoms with Gasteiger partial charge in [-0.15, -0.1) is 0 Å². The molecule has 18 heavy (non-hydrogen) atoms. The zero-order valence-corrected chi connectivity index (χ0v) is 12.0. The maximum atomic E-state index is 5.71. The lowest BCUT2D eigenvalue weighted by Gasteiger charge is -2.08. The Kier molecular flexibility index (Phi) is 4.26. The van der Waals surface area contributed by atoms with E-state index < -0.39 is 0 Å². The van der Waals surface area contributed by atoms with Crippen molar-refractivity contribution in [3.63, 3.8) is 0 Å². The molecule has 0 N–H and O–H groups in total. The van der Waals surface area contributed by atoms with Crippen molar-refractivity contribution in [1.29, 1.82) is 0 Å². The molecule has 0 atom stereocenters. The molecule has 0 saturated carbocycles. The van der Waals surface area contributed by atoms with E-state index >= 15 is 0 Å². The molecule has 2 aromatic rings. The summed E-state index contributed by atoms with van der Waals surface area (Å²) in [6.45, 7) is 2.61. The molecule has 0 radical (unpaired) electrons. The number of aryl methyl sites for hydroxylation is 1. The minimum atomic E-state index is 0.547. The van der Waals surface area contributed by atoms with Crippen LogP contribution in [0.25, 0.3) is 0 Å². The lowest BCUT2D eigenvalue weighted by atomic mass is 10.2. The van der Waals surface area contributed by atoms with Gasteiger partial charge in [-0.25, -0.2) is 0 Å². The molecule has 0 spiro atoms. The highest BCUT2D eigenvalue weighted by atomic mass is 79.9. The highest BCUT2D eigenvalue weighted by Gasteiger charge is 2.02. The van der Waals surface area contributed by atoms with Crippen LogP contribution in [0.4, 0.5) is 0 Å². The summed E-state index contributed by atoms with van der Waals surface area (Å²) in [5.74, 6) is 1.71. The van der Waals surface area contributed by atoms with Crippen molar-refractivity contribution in [3.05, 3.63) is 58.1 Å². The standard InChI is InChI=1S/C15H15BrO2/c1-11-3-6-13(7-4-11)18-10-12-5-8-15(17-2)14(16)9-12/h3-9H,10H2,1-2H3. The maximum Gasteiger partial charge on any atom is 0.133 e. The molecule has 2 rings (SSSR count). The van der Waals surface area contributed by atoms with Gasteiger partial charge in [-0.2, -0.15) is 0 Å². The molecule has 2 nitrogen and oxygen atoms in total. The molecule has 3 heteroatoms. The zero-order valence-electron chi connectivity index (χ0n) is 10.4. The van der Waals surface area contributed by atoms with Gasteiger partial charge in [0, 0.05) is 0 Å². The minimum absolute atomic E-state index is 0.547. The fraction of sp³-hybridized carbons (Fsp3) is 0.200. The van der Waals surface area contributed by atoms with E-state index in [-0.39, 0.29) is 0 Å². The van der Waals surface area contributed by atoms with E-state index in [0.717, 1.165) is 21.5 Å². The van der Waals surface area contributed by atoms with Crippen LogP contribution in [-0.2, 0) is 6.61 Å². The lowest BCUT2D eigenvalue weighted by molar-refractivity contribution is 0.306. The molecule has 0 aliphatic carbocycles. The second-order valence-corrected chi connectivity index (χ2v) is 4.92. The molecular formula is C15H15BrO2. The Bertz CT molecular complexity index is 521. The Morgan fingerprint density at radius 3 is 2.39 bits per heavy atom. The van der Waals surface area contributed by atoms with Crippen LogP contribution in [0.1, 0.15) is 11.1 Å². The number of benzene rings is 2. The number of hydrogen-bond acceptors (Lipinski definition) is 2. The van der Waals surface area contributed by atoms with Crippen LogP contribution in [0.3, 0.4) is 0 Å². The van der Waals surface area contributed by atoms with Gasteiger partial charge < -0.3 is 9.47 Å². The number of ether oxygens (including phenoxy) is 2. The number of hydrogen-bond donors (Lipinski definition) is 0. The minimum Gasteiger partial charge on any atom is -0.496 e. The van der Waals surface area contributed by atoms with Gasteiger partial charge in [-0.1, -0.05) is 23.8 Å². The van der Waals surface area contributed by atoms with Gasteiger partial charge in [0.05, 0.1) is 11.6 Å². The highest BCUT2D eigenvalue weighted by Crippen LogP contribution is 2.26. The predicted octanol–water partition coefficient (Wildman–Crippen LogP) is 4.35. The normalized spacial score (nSPS) is 10.2. The van der Waals surface area contributed by atoms with Crippen molar-refractivity contribution < 1.29 is 9.47 Å². The lowest BCUT2D eigenvalue weighted by Crippen LogP contribution is -1.96. The molecule has 94 valence electrons. The molecule has 0 aromatic heterocycles. The summed E-state index contributed by atoms with van der Waals surface area (Å²) >= 11 is 3.46. The Hall–Kier alpha value is -1.48. The van der Waals surface area contributed by atoms with E-state index in [9.17, 15) is 0 Å². The van der Waals surface area contributed by atoms with Gasteiger partial charge in [0.15, 0.2) is 0 Å². The van der Waals surface area contributed by atoms with Gasteiger partial charge >= 0.3 is 0 Å². The molecule has 0 bridgehead atoms. The van der Waals surface area contributed by atoms with Crippen LogP contribution in [0, 0.1) is 6.92 Å². The quantitative estimate of drug-likeness (QED) is 0.836. The zero-order chi connectivity index (χ0) is 13.0. The van der Waals surface area contributed by atoms with Crippen molar-refractivity contribution in [2.75, 3.05) is 7.11 Å². The number of halogens is 1. The fourth-order valence-electron chi connectivity index (χ4n) is 1.60. The summed E-state index contributed by atoms with van der Waals surface area (Å²) in [4.78, 5) is 0. The average molecular weight is 307 g/mol. The van der Waals surface area contributed by atoms with Gasteiger partial charge in [0.25, 0.3) is 0 Å². The molecule has 0 saturated heterocycles. The van der Waals surface area contributed by atoms with Crippen LogP contribution in [0.2, 0.25) is 0 Å². The summed E-state index contributed by atoms with van der Waals surface area (Å²) in [6.07, 6.45) is 0. The third-order valence-electron chi connectivity index (χ3n) is 2.64. The molecule has 0 aliphatic heterocycles. The Labute approximate surface area is 116 Å². The van der Waals surface area contributed by atoms with E-state index in [1.165, 1.54) is 5.56 Å². The molecule has 0 heterocycles. The summed E-state index contributed by atoms with van der Waals surface area (Å²) < 4.78 is 11.8. The van der Waals surface area contributed by atoms with Crippen LogP contribution >= 0.6 is 15.9 Å². The number of rotatable bonds is 4. The summed E-state index contributed by atoms with van der Waals surface area (Å²) in [7, 11) is 1.66. The predicted molar refractivity (Wildman–Crippen MR) is 76.2 cm³/mol. The first-order valence-electron chi connectivity index (χ1n) is 5.71. The molecule has 0 fully saturated rings. The summed E-state index contributed by atoms with van der Waals surface area (Å²) in [5.41, 5.74) is 2.33. The first-order chi connectivity index (χ1) is 8.69. The summed E-state index contributed by atoms with van der Waals surface area (Å²) in [6, 6.07) is 14.0. The van der Waals surface area contributed by atoms with Crippen LogP contribution in [-0.4, -0.2) is 7.11 Å². The van der Waals surface area contributed by atoms with E-state index in [1.54, 1.807) is 7.11 Å². The van der Waals surface area contributed by atoms with E-state index in [2.05, 4.69) is 22.9 Å². The van der Waals surface area contributed by atoms with Crippen LogP contribution in [0.5, 0.6) is 11.5 Å². The Morgan fingerprint density at radius 2 is 1.78 bits per heavy atom. The first kappa shape index (κ1) is 13.0. The third-order valence-corrected chi connectivity index (χ3v) is 3.26. The van der Waals surface area contributed by atoms with Crippen LogP contribution < -0.4 is 9.47 Å². The fourth-order valence-corrected chi connectivity index (χ4v) is 2.19. The summed E-state index contributed by atoms with van der Waals surface area (Å²) in [5, 5.41) is 0. The van der Waals surface area contributed by atoms with Crippen molar-refractivity contribution >= 4 is 15.9 Å². The topological polar surface area (TPSA) is 18.5 Å². The van der Waals surface area contributed by atoms with Crippen molar-refractivity contribution in [1.82, 2.24) is 0 Å². The van der Waals surface area contributed by atoms with E-state index in [0.29, 0.717) is 6.61 Å². The molecule has 0 amide bonds. The first-order valence-corrected chi connectivity index (χ1v) is 6.50. The van der Waals surface area contributed by atoms with E-state index in [1.807, 2.05) is 42.5 Å². The number of methoxy groups -OCH3 is 1. The Morgan fingerprint density at radius 1 is 1.06 bits per heavy atom. The molecule has 0 aliphatic rings. The second kappa shape index (κ2) is 5.91. The highest BCUT2D eigenvalue weighted by molar-refractivity contribution is 9.10. The molecule has 0 unspecified atom stereocenters. The second-order valence-electron chi connectivity index (χ2n) is 4.07. The van der Waals surface area contributed by atoms with Crippen LogP contribution in [0.15, 0.2) is 46.9 Å². The SMILES string of the molecule is COc1ccc(COc2ccc(C)cc2)cc1Br. The maximum absolute atomic E-state index is 5.71. The van der Waals surface area contributed by atoms with Crippen molar-refractivity contribution in [2.45, 2.75) is 13.5 Å². The van der Waals surface area contributed by atoms with Gasteiger partial charge in [0.1, 0.15) is 18.1 Å². The molecular weight excluding hydrogens is 292 g/mol. The largest absolute Gasteiger partial charge is 0.496 e. The molecule has 2 aromatic carbocycles. The van der Waals surface area contributed by atoms with Crippen molar-refractivity contribution in [3.8, 4) is 11.5 Å². The van der Waals surface area contributed by atoms with E-state index in [4.69, 9.17) is 9.47 Å². The monoisotopic (exact) mass is 306 g/mol. The Balaban J connectivity index is 2.02. The average Bonchev–Trinajstić information content (AvgIpc) is 2.38.